The predicted octanol–water partition coefficient (Wildman–Crippen LogP) is 3.98. The van der Waals surface area contributed by atoms with Crippen molar-refractivity contribution in [2.45, 2.75) is 18.5 Å². The summed E-state index contributed by atoms with van der Waals surface area (Å²) in [5.74, 6) is -0.550. The number of thiophene rings is 1. The van der Waals surface area contributed by atoms with E-state index in [1.165, 1.54) is 0 Å². The average Bonchev–Trinajstić information content (AvgIpc) is 3.24. The second-order valence-corrected chi connectivity index (χ2v) is 7.62. The molecule has 1 aliphatic heterocycles. The van der Waals surface area contributed by atoms with Crippen LogP contribution in [0.25, 0.3) is 0 Å². The summed E-state index contributed by atoms with van der Waals surface area (Å²) in [7, 11) is 1.78. The molecule has 4 nitrogen and oxygen atoms in total. The number of carbonyl (C=O) groups is 2. The molecule has 0 unspecified atom stereocenters. The molecule has 2 amide bonds. The van der Waals surface area contributed by atoms with Gasteiger partial charge in [-0.15, -0.1) is 11.3 Å². The standard InChI is InChI=1S/C22H20N2O2S/c1-24-20(18-12-7-13-27-18)19(16-10-5-6-11-17(16)22(24)26)21(25)23-14-15-8-3-2-4-9-15/h2-13,19-20H,14H2,1H3,(H,23,25)/t19-,20+/m1/s1. The Kier molecular flexibility index (Phi) is 4.77. The molecule has 136 valence electrons. The number of amides is 2. The molecule has 1 aliphatic rings. The minimum Gasteiger partial charge on any atom is -0.351 e. The summed E-state index contributed by atoms with van der Waals surface area (Å²) in [4.78, 5) is 28.8. The lowest BCUT2D eigenvalue weighted by molar-refractivity contribution is -0.124. The largest absolute Gasteiger partial charge is 0.351 e. The van der Waals surface area contributed by atoms with Crippen molar-refractivity contribution in [1.29, 1.82) is 0 Å². The maximum absolute atomic E-state index is 13.2. The van der Waals surface area contributed by atoms with Gasteiger partial charge in [0.25, 0.3) is 5.91 Å². The number of carbonyl (C=O) groups excluding carboxylic acids is 2. The van der Waals surface area contributed by atoms with Gasteiger partial charge in [0.05, 0.1) is 12.0 Å². The van der Waals surface area contributed by atoms with E-state index in [2.05, 4.69) is 5.32 Å². The zero-order valence-corrected chi connectivity index (χ0v) is 15.8. The van der Waals surface area contributed by atoms with Gasteiger partial charge >= 0.3 is 0 Å². The second kappa shape index (κ2) is 7.37. The van der Waals surface area contributed by atoms with Crippen molar-refractivity contribution in [2.24, 2.45) is 0 Å². The first-order valence-electron chi connectivity index (χ1n) is 8.88. The highest BCUT2D eigenvalue weighted by Crippen LogP contribution is 2.43. The Balaban J connectivity index is 1.70. The van der Waals surface area contributed by atoms with Gasteiger partial charge in [-0.25, -0.2) is 0 Å². The highest BCUT2D eigenvalue weighted by Gasteiger charge is 2.42. The first kappa shape index (κ1) is 17.5. The van der Waals surface area contributed by atoms with Crippen LogP contribution in [0.1, 0.15) is 38.3 Å². The Labute approximate surface area is 162 Å². The van der Waals surface area contributed by atoms with E-state index < -0.39 is 5.92 Å². The molecule has 0 bridgehead atoms. The van der Waals surface area contributed by atoms with Crippen molar-refractivity contribution >= 4 is 23.2 Å². The van der Waals surface area contributed by atoms with E-state index in [9.17, 15) is 9.59 Å². The van der Waals surface area contributed by atoms with Crippen LogP contribution in [0.3, 0.4) is 0 Å². The molecule has 2 atom stereocenters. The molecule has 5 heteroatoms. The zero-order valence-electron chi connectivity index (χ0n) is 15.0. The summed E-state index contributed by atoms with van der Waals surface area (Å²) in [6.07, 6.45) is 0. The number of nitrogens with one attached hydrogen (secondary N) is 1. The summed E-state index contributed by atoms with van der Waals surface area (Å²) in [5.41, 5.74) is 2.45. The Morgan fingerprint density at radius 2 is 1.78 bits per heavy atom. The van der Waals surface area contributed by atoms with Crippen LogP contribution in [-0.2, 0) is 11.3 Å². The molecule has 4 rings (SSSR count). The van der Waals surface area contributed by atoms with Gasteiger partial charge in [0.1, 0.15) is 0 Å². The van der Waals surface area contributed by atoms with E-state index in [1.54, 1.807) is 29.4 Å². The van der Waals surface area contributed by atoms with Gasteiger partial charge in [-0.3, -0.25) is 9.59 Å². The third-order valence-corrected chi connectivity index (χ3v) is 5.95. The molecule has 1 N–H and O–H groups in total. The molecular formula is C22H20N2O2S. The van der Waals surface area contributed by atoms with Gasteiger partial charge in [0, 0.05) is 24.0 Å². The number of benzene rings is 2. The van der Waals surface area contributed by atoms with Crippen LogP contribution in [0.5, 0.6) is 0 Å². The SMILES string of the molecule is CN1C(=O)c2ccccc2[C@@H](C(=O)NCc2ccccc2)[C@@H]1c1cccs1. The third kappa shape index (κ3) is 3.26. The van der Waals surface area contributed by atoms with Crippen LogP contribution in [0.4, 0.5) is 0 Å². The maximum atomic E-state index is 13.2. The molecule has 0 saturated heterocycles. The summed E-state index contributed by atoms with van der Waals surface area (Å²) in [5, 5.41) is 5.04. The molecule has 2 aromatic carbocycles. The quantitative estimate of drug-likeness (QED) is 0.749. The highest BCUT2D eigenvalue weighted by atomic mass is 32.1. The third-order valence-electron chi connectivity index (χ3n) is 5.01. The first-order chi connectivity index (χ1) is 13.2. The zero-order chi connectivity index (χ0) is 18.8. The molecule has 0 fully saturated rings. The summed E-state index contributed by atoms with van der Waals surface area (Å²) in [6.45, 7) is 0.465. The lowest BCUT2D eigenvalue weighted by atomic mass is 9.81. The van der Waals surface area contributed by atoms with E-state index in [-0.39, 0.29) is 17.9 Å². The fraction of sp³-hybridized carbons (Fsp3) is 0.182. The lowest BCUT2D eigenvalue weighted by Crippen LogP contribution is -2.45. The van der Waals surface area contributed by atoms with Crippen LogP contribution in [0.15, 0.2) is 72.1 Å². The van der Waals surface area contributed by atoms with Gasteiger partial charge < -0.3 is 10.2 Å². The molecule has 0 radical (unpaired) electrons. The maximum Gasteiger partial charge on any atom is 0.254 e. The first-order valence-corrected chi connectivity index (χ1v) is 9.76. The average molecular weight is 376 g/mol. The molecule has 3 aromatic rings. The molecule has 27 heavy (non-hydrogen) atoms. The van der Waals surface area contributed by atoms with Gasteiger partial charge in [0.15, 0.2) is 0 Å². The Bertz CT molecular complexity index is 953. The number of hydrogen-bond acceptors (Lipinski definition) is 3. The number of rotatable bonds is 4. The van der Waals surface area contributed by atoms with Crippen molar-refractivity contribution in [2.75, 3.05) is 7.05 Å². The van der Waals surface area contributed by atoms with E-state index in [0.29, 0.717) is 12.1 Å². The van der Waals surface area contributed by atoms with Crippen LogP contribution >= 0.6 is 11.3 Å². The molecule has 0 saturated carbocycles. The van der Waals surface area contributed by atoms with Gasteiger partial charge in [-0.2, -0.15) is 0 Å². The van der Waals surface area contributed by atoms with Crippen molar-refractivity contribution in [1.82, 2.24) is 10.2 Å². The monoisotopic (exact) mass is 376 g/mol. The van der Waals surface area contributed by atoms with Crippen LogP contribution < -0.4 is 5.32 Å². The van der Waals surface area contributed by atoms with Gasteiger partial charge in [-0.05, 0) is 28.6 Å². The minimum atomic E-state index is -0.439. The van der Waals surface area contributed by atoms with E-state index in [1.807, 2.05) is 66.0 Å². The van der Waals surface area contributed by atoms with Crippen molar-refractivity contribution in [3.63, 3.8) is 0 Å². The highest BCUT2D eigenvalue weighted by molar-refractivity contribution is 7.10. The lowest BCUT2D eigenvalue weighted by Gasteiger charge is -2.39. The van der Waals surface area contributed by atoms with Gasteiger partial charge in [-0.1, -0.05) is 54.6 Å². The Morgan fingerprint density at radius 3 is 2.52 bits per heavy atom. The van der Waals surface area contributed by atoms with Crippen LogP contribution in [-0.4, -0.2) is 23.8 Å². The summed E-state index contributed by atoms with van der Waals surface area (Å²) >= 11 is 1.57. The van der Waals surface area contributed by atoms with E-state index in [0.717, 1.165) is 16.0 Å². The van der Waals surface area contributed by atoms with E-state index in [4.69, 9.17) is 0 Å². The fourth-order valence-corrected chi connectivity index (χ4v) is 4.57. The molecule has 1 aromatic heterocycles. The molecule has 2 heterocycles. The molecular weight excluding hydrogens is 356 g/mol. The Hall–Kier alpha value is -2.92. The fourth-order valence-electron chi connectivity index (χ4n) is 3.67. The topological polar surface area (TPSA) is 49.4 Å². The predicted molar refractivity (Wildman–Crippen MR) is 107 cm³/mol. The Morgan fingerprint density at radius 1 is 1.04 bits per heavy atom. The smallest absolute Gasteiger partial charge is 0.254 e. The van der Waals surface area contributed by atoms with E-state index >= 15 is 0 Å². The number of nitrogens with zero attached hydrogens (tertiary/aromatic N) is 1. The minimum absolute atomic E-state index is 0.0453. The molecule has 0 aliphatic carbocycles. The van der Waals surface area contributed by atoms with Crippen molar-refractivity contribution < 1.29 is 9.59 Å². The normalized spacial score (nSPS) is 18.9. The van der Waals surface area contributed by atoms with Crippen molar-refractivity contribution in [3.8, 4) is 0 Å². The van der Waals surface area contributed by atoms with Gasteiger partial charge in [0.2, 0.25) is 5.91 Å². The number of likely N-dealkylation sites (N-methyl/N-ethyl adjacent to an activating group) is 1. The number of hydrogen-bond donors (Lipinski definition) is 1. The van der Waals surface area contributed by atoms with Crippen LogP contribution in [0, 0.1) is 0 Å². The summed E-state index contributed by atoms with van der Waals surface area (Å²) < 4.78 is 0. The second-order valence-electron chi connectivity index (χ2n) is 6.64. The van der Waals surface area contributed by atoms with Crippen LogP contribution in [0.2, 0.25) is 0 Å². The molecule has 0 spiro atoms. The number of fused-ring (bicyclic) bond motifs is 1. The van der Waals surface area contributed by atoms with Crippen molar-refractivity contribution in [3.05, 3.63) is 93.7 Å². The summed E-state index contributed by atoms with van der Waals surface area (Å²) in [6, 6.07) is 20.9.